The highest BCUT2D eigenvalue weighted by Gasteiger charge is 2.33. The molecule has 0 N–H and O–H groups in total. The lowest BCUT2D eigenvalue weighted by atomic mass is 10.2. The molecule has 0 atom stereocenters. The highest BCUT2D eigenvalue weighted by atomic mass is 35.5. The maximum absolute atomic E-state index is 13.3. The van der Waals surface area contributed by atoms with Crippen molar-refractivity contribution < 1.29 is 9.18 Å². The standard InChI is InChI=1S/C13H12ClFN2O/c14-12-10(3-1-4-11(12)15)13(18)17(8-2-7-16)9-5-6-9/h1,3-4,9H,2,5-6,8H2. The third-order valence-electron chi connectivity index (χ3n) is 2.90. The molecule has 0 heterocycles. The number of hydrogen-bond donors (Lipinski definition) is 0. The Hall–Kier alpha value is -1.60. The van der Waals surface area contributed by atoms with Crippen LogP contribution in [0.4, 0.5) is 4.39 Å². The van der Waals surface area contributed by atoms with Gasteiger partial charge in [-0.3, -0.25) is 4.79 Å². The summed E-state index contributed by atoms with van der Waals surface area (Å²) in [5.41, 5.74) is 0.168. The Kier molecular flexibility index (Phi) is 3.83. The average molecular weight is 267 g/mol. The zero-order chi connectivity index (χ0) is 13.1. The van der Waals surface area contributed by atoms with Gasteiger partial charge in [-0.05, 0) is 25.0 Å². The van der Waals surface area contributed by atoms with Crippen LogP contribution in [0.2, 0.25) is 5.02 Å². The van der Waals surface area contributed by atoms with Crippen molar-refractivity contribution in [3.63, 3.8) is 0 Å². The summed E-state index contributed by atoms with van der Waals surface area (Å²) < 4.78 is 13.3. The first-order valence-corrected chi connectivity index (χ1v) is 6.15. The van der Waals surface area contributed by atoms with Crippen molar-refractivity contribution in [2.24, 2.45) is 0 Å². The molecule has 0 radical (unpaired) electrons. The third-order valence-corrected chi connectivity index (χ3v) is 3.28. The molecule has 0 aliphatic heterocycles. The van der Waals surface area contributed by atoms with E-state index in [0.29, 0.717) is 6.54 Å². The van der Waals surface area contributed by atoms with E-state index in [-0.39, 0.29) is 29.0 Å². The summed E-state index contributed by atoms with van der Waals surface area (Å²) in [6, 6.07) is 6.37. The monoisotopic (exact) mass is 266 g/mol. The van der Waals surface area contributed by atoms with E-state index in [4.69, 9.17) is 16.9 Å². The Balaban J connectivity index is 2.22. The van der Waals surface area contributed by atoms with E-state index in [9.17, 15) is 9.18 Å². The number of carbonyl (C=O) groups is 1. The van der Waals surface area contributed by atoms with Crippen molar-refractivity contribution >= 4 is 17.5 Å². The summed E-state index contributed by atoms with van der Waals surface area (Å²) in [5.74, 6) is -0.893. The van der Waals surface area contributed by atoms with Gasteiger partial charge in [-0.25, -0.2) is 4.39 Å². The molecule has 18 heavy (non-hydrogen) atoms. The van der Waals surface area contributed by atoms with Crippen molar-refractivity contribution in [1.82, 2.24) is 4.90 Å². The molecule has 0 bridgehead atoms. The minimum atomic E-state index is -0.599. The predicted octanol–water partition coefficient (Wildman–Crippen LogP) is 3.00. The second-order valence-corrected chi connectivity index (χ2v) is 4.62. The molecule has 1 amide bonds. The molecule has 1 aromatic rings. The summed E-state index contributed by atoms with van der Waals surface area (Å²) in [6.07, 6.45) is 2.14. The number of amides is 1. The second kappa shape index (κ2) is 5.36. The lowest BCUT2D eigenvalue weighted by Crippen LogP contribution is -2.34. The van der Waals surface area contributed by atoms with E-state index in [1.54, 1.807) is 4.90 Å². The number of carbonyl (C=O) groups excluding carboxylic acids is 1. The van der Waals surface area contributed by atoms with Crippen molar-refractivity contribution in [2.45, 2.75) is 25.3 Å². The molecule has 1 saturated carbocycles. The van der Waals surface area contributed by atoms with Crippen LogP contribution in [0.3, 0.4) is 0 Å². The molecule has 1 fully saturated rings. The first kappa shape index (κ1) is 12.8. The van der Waals surface area contributed by atoms with E-state index in [1.165, 1.54) is 18.2 Å². The zero-order valence-electron chi connectivity index (χ0n) is 9.70. The minimum absolute atomic E-state index is 0.148. The number of rotatable bonds is 4. The molecule has 0 unspecified atom stereocenters. The Morgan fingerprint density at radius 3 is 2.89 bits per heavy atom. The topological polar surface area (TPSA) is 44.1 Å². The molecule has 1 aromatic carbocycles. The molecular weight excluding hydrogens is 255 g/mol. The van der Waals surface area contributed by atoms with Crippen molar-refractivity contribution in [1.29, 1.82) is 5.26 Å². The molecule has 0 saturated heterocycles. The maximum atomic E-state index is 13.3. The van der Waals surface area contributed by atoms with Crippen LogP contribution in [-0.2, 0) is 0 Å². The van der Waals surface area contributed by atoms with Crippen LogP contribution in [0, 0.1) is 17.1 Å². The third kappa shape index (κ3) is 2.62. The Labute approximate surface area is 110 Å². The van der Waals surface area contributed by atoms with Gasteiger partial charge in [0.25, 0.3) is 5.91 Å². The number of halogens is 2. The van der Waals surface area contributed by atoms with E-state index in [0.717, 1.165) is 12.8 Å². The number of nitrogens with zero attached hydrogens (tertiary/aromatic N) is 2. The quantitative estimate of drug-likeness (QED) is 0.841. The molecule has 0 aromatic heterocycles. The molecule has 5 heteroatoms. The smallest absolute Gasteiger partial charge is 0.255 e. The van der Waals surface area contributed by atoms with Crippen LogP contribution >= 0.6 is 11.6 Å². The van der Waals surface area contributed by atoms with Crippen LogP contribution in [0.25, 0.3) is 0 Å². The molecule has 94 valence electrons. The van der Waals surface area contributed by atoms with Gasteiger partial charge >= 0.3 is 0 Å². The first-order chi connectivity index (χ1) is 8.65. The highest BCUT2D eigenvalue weighted by molar-refractivity contribution is 6.34. The molecule has 0 spiro atoms. The molecular formula is C13H12ClFN2O. The van der Waals surface area contributed by atoms with E-state index in [1.807, 2.05) is 6.07 Å². The summed E-state index contributed by atoms with van der Waals surface area (Å²) in [7, 11) is 0. The van der Waals surface area contributed by atoms with Crippen molar-refractivity contribution in [3.8, 4) is 6.07 Å². The lowest BCUT2D eigenvalue weighted by molar-refractivity contribution is 0.0746. The number of nitriles is 1. The first-order valence-electron chi connectivity index (χ1n) is 5.77. The molecule has 1 aliphatic rings. The largest absolute Gasteiger partial charge is 0.335 e. The fourth-order valence-electron chi connectivity index (χ4n) is 1.83. The van der Waals surface area contributed by atoms with E-state index in [2.05, 4.69) is 0 Å². The van der Waals surface area contributed by atoms with E-state index >= 15 is 0 Å². The molecule has 1 aliphatic carbocycles. The maximum Gasteiger partial charge on any atom is 0.255 e. The molecule has 3 nitrogen and oxygen atoms in total. The lowest BCUT2D eigenvalue weighted by Gasteiger charge is -2.21. The van der Waals surface area contributed by atoms with Gasteiger partial charge in [0.1, 0.15) is 5.82 Å². The van der Waals surface area contributed by atoms with Gasteiger partial charge < -0.3 is 4.90 Å². The number of benzene rings is 1. The van der Waals surface area contributed by atoms with Gasteiger partial charge in [-0.1, -0.05) is 17.7 Å². The summed E-state index contributed by atoms with van der Waals surface area (Å²) in [6.45, 7) is 0.368. The van der Waals surface area contributed by atoms with Gasteiger partial charge in [0.05, 0.1) is 23.1 Å². The Bertz CT molecular complexity index is 508. The molecule has 2 rings (SSSR count). The van der Waals surface area contributed by atoms with Crippen LogP contribution in [0.1, 0.15) is 29.6 Å². The number of hydrogen-bond acceptors (Lipinski definition) is 2. The van der Waals surface area contributed by atoms with Crippen LogP contribution in [-0.4, -0.2) is 23.4 Å². The Morgan fingerprint density at radius 2 is 2.28 bits per heavy atom. The highest BCUT2D eigenvalue weighted by Crippen LogP contribution is 2.30. The minimum Gasteiger partial charge on any atom is -0.335 e. The van der Waals surface area contributed by atoms with Gasteiger partial charge in [-0.2, -0.15) is 5.26 Å². The van der Waals surface area contributed by atoms with Crippen molar-refractivity contribution in [2.75, 3.05) is 6.54 Å². The van der Waals surface area contributed by atoms with E-state index < -0.39 is 5.82 Å². The average Bonchev–Trinajstić information content (AvgIpc) is 3.17. The van der Waals surface area contributed by atoms with Crippen LogP contribution in [0.5, 0.6) is 0 Å². The van der Waals surface area contributed by atoms with Crippen molar-refractivity contribution in [3.05, 3.63) is 34.6 Å². The fraction of sp³-hybridized carbons (Fsp3) is 0.385. The zero-order valence-corrected chi connectivity index (χ0v) is 10.5. The van der Waals surface area contributed by atoms with Gasteiger partial charge in [0.15, 0.2) is 0 Å². The van der Waals surface area contributed by atoms with Crippen LogP contribution in [0.15, 0.2) is 18.2 Å². The fourth-order valence-corrected chi connectivity index (χ4v) is 2.04. The van der Waals surface area contributed by atoms with Gasteiger partial charge in [-0.15, -0.1) is 0 Å². The van der Waals surface area contributed by atoms with Crippen LogP contribution < -0.4 is 0 Å². The van der Waals surface area contributed by atoms with Gasteiger partial charge in [0, 0.05) is 12.6 Å². The Morgan fingerprint density at radius 1 is 1.56 bits per heavy atom. The second-order valence-electron chi connectivity index (χ2n) is 4.24. The summed E-state index contributed by atoms with van der Waals surface area (Å²) >= 11 is 5.80. The summed E-state index contributed by atoms with van der Waals surface area (Å²) in [4.78, 5) is 13.9. The SMILES string of the molecule is N#CCCN(C(=O)c1cccc(F)c1Cl)C1CC1. The normalized spacial score (nSPS) is 14.1. The van der Waals surface area contributed by atoms with Gasteiger partial charge in [0.2, 0.25) is 0 Å². The predicted molar refractivity (Wildman–Crippen MR) is 65.7 cm³/mol. The summed E-state index contributed by atoms with van der Waals surface area (Å²) in [5, 5.41) is 8.45.